The smallest absolute Gasteiger partial charge is 0.0840 e. The van der Waals surface area contributed by atoms with Gasteiger partial charge in [0.15, 0.2) is 0 Å². The Labute approximate surface area is 126 Å². The van der Waals surface area contributed by atoms with Gasteiger partial charge in [0.2, 0.25) is 0 Å². The van der Waals surface area contributed by atoms with E-state index in [2.05, 4.69) is 15.7 Å². The minimum atomic E-state index is 0.0583. The molecule has 0 aliphatic carbocycles. The minimum absolute atomic E-state index is 0.0583. The summed E-state index contributed by atoms with van der Waals surface area (Å²) in [5, 5.41) is 8.71. The van der Waals surface area contributed by atoms with Crippen LogP contribution in [-0.4, -0.2) is 37.5 Å². The van der Waals surface area contributed by atoms with Gasteiger partial charge in [0, 0.05) is 22.5 Å². The predicted molar refractivity (Wildman–Crippen MR) is 85.0 cm³/mol. The Bertz CT molecular complexity index is 539. The van der Waals surface area contributed by atoms with Gasteiger partial charge in [0.1, 0.15) is 0 Å². The van der Waals surface area contributed by atoms with Crippen LogP contribution in [0.1, 0.15) is 11.7 Å². The van der Waals surface area contributed by atoms with Gasteiger partial charge in [0.25, 0.3) is 0 Å². The normalized spacial score (nSPS) is 20.8. The molecule has 2 atom stereocenters. The van der Waals surface area contributed by atoms with Gasteiger partial charge < -0.3 is 0 Å². The molecule has 1 aromatic heterocycles. The summed E-state index contributed by atoms with van der Waals surface area (Å²) in [5.41, 5.74) is 4.97. The van der Waals surface area contributed by atoms with Crippen molar-refractivity contribution in [3.05, 3.63) is 42.2 Å². The lowest BCUT2D eigenvalue weighted by Crippen LogP contribution is -2.38. The molecule has 0 radical (unpaired) electrons. The molecule has 2 unspecified atom stereocenters. The Balaban J connectivity index is 1.91. The van der Waals surface area contributed by atoms with E-state index in [-0.39, 0.29) is 6.04 Å². The highest BCUT2D eigenvalue weighted by Crippen LogP contribution is 2.33. The first-order chi connectivity index (χ1) is 9.90. The number of hydrogen-bond acceptors (Lipinski definition) is 6. The number of para-hydroxylation sites is 1. The number of benzene rings is 1. The average Bonchev–Trinajstić information content (AvgIpc) is 2.99. The van der Waals surface area contributed by atoms with Gasteiger partial charge in [-0.2, -0.15) is 23.5 Å². The summed E-state index contributed by atoms with van der Waals surface area (Å²) in [7, 11) is 0. The molecule has 1 fully saturated rings. The standard InChI is InChI=1S/C13H17N5S2/c14-16-13(12-9-19-6-7-20-12)11-8-15-17-18(11)10-4-2-1-3-5-10/h1-5,8,12-13,16H,6-7,9,14H2. The van der Waals surface area contributed by atoms with Crippen molar-refractivity contribution in [3.63, 3.8) is 0 Å². The number of nitrogens with two attached hydrogens (primary N) is 1. The fourth-order valence-electron chi connectivity index (χ4n) is 2.31. The highest BCUT2D eigenvalue weighted by atomic mass is 32.2. The molecule has 3 N–H and O–H groups in total. The highest BCUT2D eigenvalue weighted by Gasteiger charge is 2.28. The number of hydrazine groups is 1. The third-order valence-electron chi connectivity index (χ3n) is 3.29. The van der Waals surface area contributed by atoms with Crippen LogP contribution in [-0.2, 0) is 0 Å². The van der Waals surface area contributed by atoms with Crippen LogP contribution in [0.25, 0.3) is 5.69 Å². The maximum atomic E-state index is 5.80. The molecule has 1 aliphatic rings. The van der Waals surface area contributed by atoms with Crippen LogP contribution in [0, 0.1) is 0 Å². The van der Waals surface area contributed by atoms with Gasteiger partial charge in [0.05, 0.1) is 23.6 Å². The van der Waals surface area contributed by atoms with Crippen LogP contribution < -0.4 is 11.3 Å². The van der Waals surface area contributed by atoms with Crippen LogP contribution in [0.3, 0.4) is 0 Å². The zero-order valence-electron chi connectivity index (χ0n) is 11.0. The van der Waals surface area contributed by atoms with Crippen LogP contribution in [0.5, 0.6) is 0 Å². The molecular formula is C13H17N5S2. The molecule has 0 saturated carbocycles. The molecule has 2 aromatic rings. The predicted octanol–water partition coefficient (Wildman–Crippen LogP) is 1.62. The van der Waals surface area contributed by atoms with E-state index in [4.69, 9.17) is 5.84 Å². The Morgan fingerprint density at radius 3 is 2.85 bits per heavy atom. The van der Waals surface area contributed by atoms with Crippen molar-refractivity contribution in [2.75, 3.05) is 17.3 Å². The molecular weight excluding hydrogens is 290 g/mol. The first kappa shape index (κ1) is 13.9. The summed E-state index contributed by atoms with van der Waals surface area (Å²) in [6.45, 7) is 0. The van der Waals surface area contributed by atoms with Crippen LogP contribution in [0.15, 0.2) is 36.5 Å². The van der Waals surface area contributed by atoms with Crippen molar-refractivity contribution in [1.29, 1.82) is 0 Å². The minimum Gasteiger partial charge on any atom is -0.271 e. The van der Waals surface area contributed by atoms with E-state index in [9.17, 15) is 0 Å². The molecule has 1 aromatic carbocycles. The molecule has 0 amide bonds. The first-order valence-electron chi connectivity index (χ1n) is 6.51. The second kappa shape index (κ2) is 6.62. The van der Waals surface area contributed by atoms with E-state index in [1.807, 2.05) is 58.5 Å². The number of nitrogens with zero attached hydrogens (tertiary/aromatic N) is 3. The summed E-state index contributed by atoms with van der Waals surface area (Å²) in [6.07, 6.45) is 1.80. The van der Waals surface area contributed by atoms with Crippen molar-refractivity contribution in [2.24, 2.45) is 5.84 Å². The van der Waals surface area contributed by atoms with Gasteiger partial charge in [-0.05, 0) is 12.1 Å². The Kier molecular flexibility index (Phi) is 4.62. The largest absolute Gasteiger partial charge is 0.271 e. The lowest BCUT2D eigenvalue weighted by molar-refractivity contribution is 0.523. The number of thioether (sulfide) groups is 2. The lowest BCUT2D eigenvalue weighted by atomic mass is 10.1. The van der Waals surface area contributed by atoms with Crippen molar-refractivity contribution in [1.82, 2.24) is 20.4 Å². The second-order valence-corrected chi connectivity index (χ2v) is 7.03. The molecule has 0 bridgehead atoms. The number of hydrogen-bond donors (Lipinski definition) is 2. The van der Waals surface area contributed by atoms with E-state index in [1.165, 1.54) is 11.5 Å². The maximum Gasteiger partial charge on any atom is 0.0840 e. The van der Waals surface area contributed by atoms with Gasteiger partial charge in [-0.15, -0.1) is 5.10 Å². The molecule has 5 nitrogen and oxygen atoms in total. The molecule has 7 heteroatoms. The van der Waals surface area contributed by atoms with Crippen LogP contribution in [0.2, 0.25) is 0 Å². The highest BCUT2D eigenvalue weighted by molar-refractivity contribution is 8.06. The quantitative estimate of drug-likeness (QED) is 0.661. The first-order valence-corrected chi connectivity index (χ1v) is 8.72. The summed E-state index contributed by atoms with van der Waals surface area (Å²) in [5.74, 6) is 9.28. The average molecular weight is 307 g/mol. The number of rotatable bonds is 4. The SMILES string of the molecule is NNC(c1cnnn1-c1ccccc1)C1CSCCS1. The van der Waals surface area contributed by atoms with Crippen molar-refractivity contribution < 1.29 is 0 Å². The molecule has 0 spiro atoms. The Morgan fingerprint density at radius 1 is 1.30 bits per heavy atom. The summed E-state index contributed by atoms with van der Waals surface area (Å²) < 4.78 is 1.87. The van der Waals surface area contributed by atoms with Gasteiger partial charge in [-0.3, -0.25) is 11.3 Å². The van der Waals surface area contributed by atoms with E-state index in [0.717, 1.165) is 17.1 Å². The molecule has 20 heavy (non-hydrogen) atoms. The Hall–Kier alpha value is -1.02. The number of nitrogens with one attached hydrogen (secondary N) is 1. The maximum absolute atomic E-state index is 5.80. The van der Waals surface area contributed by atoms with Crippen LogP contribution >= 0.6 is 23.5 Å². The van der Waals surface area contributed by atoms with Gasteiger partial charge >= 0.3 is 0 Å². The van der Waals surface area contributed by atoms with Crippen molar-refractivity contribution in [2.45, 2.75) is 11.3 Å². The monoisotopic (exact) mass is 307 g/mol. The molecule has 106 valence electrons. The van der Waals surface area contributed by atoms with Crippen LogP contribution in [0.4, 0.5) is 0 Å². The van der Waals surface area contributed by atoms with E-state index in [1.54, 1.807) is 6.20 Å². The third kappa shape index (κ3) is 2.85. The second-order valence-electron chi connectivity index (χ2n) is 4.53. The van der Waals surface area contributed by atoms with Crippen molar-refractivity contribution >= 4 is 23.5 Å². The summed E-state index contributed by atoms with van der Waals surface area (Å²) in [4.78, 5) is 0. The summed E-state index contributed by atoms with van der Waals surface area (Å²) >= 11 is 3.94. The molecule has 1 aliphatic heterocycles. The third-order valence-corrected chi connectivity index (χ3v) is 6.15. The molecule has 2 heterocycles. The fourth-order valence-corrected chi connectivity index (χ4v) is 5.14. The Morgan fingerprint density at radius 2 is 2.15 bits per heavy atom. The molecule has 1 saturated heterocycles. The zero-order chi connectivity index (χ0) is 13.8. The lowest BCUT2D eigenvalue weighted by Gasteiger charge is -2.28. The summed E-state index contributed by atoms with van der Waals surface area (Å²) in [6, 6.07) is 10.1. The van der Waals surface area contributed by atoms with E-state index < -0.39 is 0 Å². The topological polar surface area (TPSA) is 68.8 Å². The van der Waals surface area contributed by atoms with Crippen molar-refractivity contribution in [3.8, 4) is 5.69 Å². The zero-order valence-corrected chi connectivity index (χ0v) is 12.6. The molecule has 3 rings (SSSR count). The fraction of sp³-hybridized carbons (Fsp3) is 0.385. The van der Waals surface area contributed by atoms with Gasteiger partial charge in [-0.1, -0.05) is 23.4 Å². The van der Waals surface area contributed by atoms with E-state index >= 15 is 0 Å². The van der Waals surface area contributed by atoms with Gasteiger partial charge in [-0.25, -0.2) is 4.68 Å². The van der Waals surface area contributed by atoms with E-state index in [0.29, 0.717) is 5.25 Å². The number of aromatic nitrogens is 3.